The monoisotopic (exact) mass is 311 g/mol. The summed E-state index contributed by atoms with van der Waals surface area (Å²) in [5.74, 6) is 0.932. The lowest BCUT2D eigenvalue weighted by Crippen LogP contribution is -2.14. The summed E-state index contributed by atoms with van der Waals surface area (Å²) in [4.78, 5) is 2.13. The maximum Gasteiger partial charge on any atom is 0.124 e. The van der Waals surface area contributed by atoms with Crippen molar-refractivity contribution in [1.82, 2.24) is 4.90 Å². The van der Waals surface area contributed by atoms with E-state index in [0.29, 0.717) is 0 Å². The maximum atomic E-state index is 5.89. The first-order valence-corrected chi connectivity index (χ1v) is 7.83. The smallest absolute Gasteiger partial charge is 0.124 e. The van der Waals surface area contributed by atoms with Crippen molar-refractivity contribution in [3.8, 4) is 5.75 Å². The molecule has 4 nitrogen and oxygen atoms in total. The third kappa shape index (κ3) is 5.75. The summed E-state index contributed by atoms with van der Waals surface area (Å²) < 4.78 is 5.89. The van der Waals surface area contributed by atoms with Crippen LogP contribution >= 0.6 is 0 Å². The summed E-state index contributed by atoms with van der Waals surface area (Å²) in [7, 11) is 4.10. The van der Waals surface area contributed by atoms with Crippen molar-refractivity contribution in [3.63, 3.8) is 0 Å². The van der Waals surface area contributed by atoms with E-state index in [1.165, 1.54) is 0 Å². The van der Waals surface area contributed by atoms with Crippen LogP contribution in [0, 0.1) is 0 Å². The first kappa shape index (κ1) is 17.0. The number of hydrogen-bond acceptors (Lipinski definition) is 4. The van der Waals surface area contributed by atoms with Crippen molar-refractivity contribution in [2.24, 2.45) is 5.10 Å². The van der Waals surface area contributed by atoms with Crippen LogP contribution in [0.4, 0.5) is 5.69 Å². The van der Waals surface area contributed by atoms with Gasteiger partial charge in [0.25, 0.3) is 0 Å². The molecule has 0 heterocycles. The molecule has 0 aliphatic heterocycles. The van der Waals surface area contributed by atoms with Crippen molar-refractivity contribution in [2.75, 3.05) is 19.5 Å². The predicted octanol–water partition coefficient (Wildman–Crippen LogP) is 3.98. The van der Waals surface area contributed by atoms with Gasteiger partial charge in [0.15, 0.2) is 0 Å². The molecule has 0 aliphatic rings. The van der Waals surface area contributed by atoms with Crippen LogP contribution in [-0.2, 0) is 6.54 Å². The highest BCUT2D eigenvalue weighted by atomic mass is 16.5. The zero-order chi connectivity index (χ0) is 16.7. The molecule has 0 aliphatic carbocycles. The Morgan fingerprint density at radius 2 is 1.87 bits per heavy atom. The maximum absolute atomic E-state index is 5.89. The lowest BCUT2D eigenvalue weighted by Gasteiger charge is -2.17. The molecule has 2 rings (SSSR count). The molecule has 122 valence electrons. The minimum atomic E-state index is 0.162. The fourth-order valence-corrected chi connectivity index (χ4v) is 2.21. The lowest BCUT2D eigenvalue weighted by molar-refractivity contribution is 0.236. The molecule has 0 aromatic heterocycles. The summed E-state index contributed by atoms with van der Waals surface area (Å²) in [5.41, 5.74) is 6.20. The molecular weight excluding hydrogens is 286 g/mol. The number of nitrogens with zero attached hydrogens (tertiary/aromatic N) is 2. The number of nitrogens with one attached hydrogen (secondary N) is 1. The molecule has 0 atom stereocenters. The fourth-order valence-electron chi connectivity index (χ4n) is 2.21. The zero-order valence-electron chi connectivity index (χ0n) is 14.3. The van der Waals surface area contributed by atoms with Gasteiger partial charge in [-0.1, -0.05) is 18.2 Å². The Kier molecular flexibility index (Phi) is 6.18. The Balaban J connectivity index is 2.12. The molecule has 0 radical (unpaired) electrons. The Labute approximate surface area is 138 Å². The third-order valence-electron chi connectivity index (χ3n) is 3.11. The molecule has 0 spiro atoms. The third-order valence-corrected chi connectivity index (χ3v) is 3.11. The fraction of sp³-hybridized carbons (Fsp3) is 0.316. The highest BCUT2D eigenvalue weighted by Gasteiger charge is 2.07. The average Bonchev–Trinajstić information content (AvgIpc) is 2.50. The number of para-hydroxylation sites is 1. The largest absolute Gasteiger partial charge is 0.491 e. The second kappa shape index (κ2) is 8.34. The van der Waals surface area contributed by atoms with Gasteiger partial charge in [0.2, 0.25) is 0 Å². The van der Waals surface area contributed by atoms with Crippen LogP contribution in [0.3, 0.4) is 0 Å². The lowest BCUT2D eigenvalue weighted by atomic mass is 10.1. The standard InChI is InChI=1S/C19H25N3O/c1-15(2)23-19-11-10-16(12-17(19)14-22(3)4)13-20-21-18-8-6-5-7-9-18/h5-13,15,21H,14H2,1-4H3. The van der Waals surface area contributed by atoms with Gasteiger partial charge in [0, 0.05) is 12.1 Å². The molecule has 0 unspecified atom stereocenters. The predicted molar refractivity (Wildman–Crippen MR) is 97.3 cm³/mol. The Morgan fingerprint density at radius 1 is 1.13 bits per heavy atom. The Morgan fingerprint density at radius 3 is 2.52 bits per heavy atom. The average molecular weight is 311 g/mol. The van der Waals surface area contributed by atoms with Crippen molar-refractivity contribution >= 4 is 11.9 Å². The van der Waals surface area contributed by atoms with Crippen LogP contribution in [0.2, 0.25) is 0 Å². The van der Waals surface area contributed by atoms with Gasteiger partial charge >= 0.3 is 0 Å². The molecular formula is C19H25N3O. The summed E-state index contributed by atoms with van der Waals surface area (Å²) in [6, 6.07) is 16.1. The SMILES string of the molecule is CC(C)Oc1ccc(C=NNc2ccccc2)cc1CN(C)C. The minimum absolute atomic E-state index is 0.162. The van der Waals surface area contributed by atoms with Crippen molar-refractivity contribution in [3.05, 3.63) is 59.7 Å². The number of rotatable bonds is 7. The molecule has 2 aromatic carbocycles. The minimum Gasteiger partial charge on any atom is -0.491 e. The Hall–Kier alpha value is -2.33. The number of ether oxygens (including phenoxy) is 1. The number of hydrazone groups is 1. The molecule has 2 aromatic rings. The second-order valence-electron chi connectivity index (χ2n) is 6.01. The van der Waals surface area contributed by atoms with E-state index in [1.54, 1.807) is 0 Å². The van der Waals surface area contributed by atoms with Crippen molar-refractivity contribution in [2.45, 2.75) is 26.5 Å². The summed E-state index contributed by atoms with van der Waals surface area (Å²) in [6.45, 7) is 4.91. The van der Waals surface area contributed by atoms with Gasteiger partial charge in [-0.25, -0.2) is 0 Å². The van der Waals surface area contributed by atoms with Gasteiger partial charge < -0.3 is 9.64 Å². The molecule has 0 saturated heterocycles. The number of anilines is 1. The van der Waals surface area contributed by atoms with E-state index in [2.05, 4.69) is 35.6 Å². The molecule has 0 saturated carbocycles. The van der Waals surface area contributed by atoms with E-state index in [1.807, 2.05) is 62.5 Å². The molecule has 0 fully saturated rings. The zero-order valence-corrected chi connectivity index (χ0v) is 14.3. The van der Waals surface area contributed by atoms with Gasteiger partial charge in [-0.05, 0) is 63.8 Å². The van der Waals surface area contributed by atoms with Crippen LogP contribution in [0.15, 0.2) is 53.6 Å². The number of benzene rings is 2. The highest BCUT2D eigenvalue weighted by Crippen LogP contribution is 2.22. The molecule has 0 amide bonds. The van der Waals surface area contributed by atoms with Gasteiger partial charge in [0.05, 0.1) is 18.0 Å². The Bertz CT molecular complexity index is 636. The topological polar surface area (TPSA) is 36.9 Å². The second-order valence-corrected chi connectivity index (χ2v) is 6.01. The molecule has 0 bridgehead atoms. The molecule has 23 heavy (non-hydrogen) atoms. The summed E-state index contributed by atoms with van der Waals surface area (Å²) >= 11 is 0. The van der Waals surface area contributed by atoms with E-state index >= 15 is 0 Å². The van der Waals surface area contributed by atoms with Crippen LogP contribution in [0.25, 0.3) is 0 Å². The van der Waals surface area contributed by atoms with Gasteiger partial charge in [0.1, 0.15) is 5.75 Å². The summed E-state index contributed by atoms with van der Waals surface area (Å²) in [5, 5.41) is 4.29. The van der Waals surface area contributed by atoms with Crippen LogP contribution in [0.5, 0.6) is 5.75 Å². The summed E-state index contributed by atoms with van der Waals surface area (Å²) in [6.07, 6.45) is 1.99. The van der Waals surface area contributed by atoms with Crippen molar-refractivity contribution < 1.29 is 4.74 Å². The van der Waals surface area contributed by atoms with E-state index < -0.39 is 0 Å². The molecule has 4 heteroatoms. The van der Waals surface area contributed by atoms with E-state index in [-0.39, 0.29) is 6.10 Å². The van der Waals surface area contributed by atoms with Crippen LogP contribution in [-0.4, -0.2) is 31.3 Å². The van der Waals surface area contributed by atoms with Gasteiger partial charge in [-0.15, -0.1) is 0 Å². The van der Waals surface area contributed by atoms with Crippen LogP contribution < -0.4 is 10.2 Å². The van der Waals surface area contributed by atoms with Gasteiger partial charge in [-0.2, -0.15) is 5.10 Å². The first-order chi connectivity index (χ1) is 11.0. The quantitative estimate of drug-likeness (QED) is 0.621. The number of hydrogen-bond donors (Lipinski definition) is 1. The van der Waals surface area contributed by atoms with E-state index in [0.717, 1.165) is 29.1 Å². The highest BCUT2D eigenvalue weighted by molar-refractivity contribution is 5.81. The van der Waals surface area contributed by atoms with E-state index in [4.69, 9.17) is 4.74 Å². The van der Waals surface area contributed by atoms with Crippen LogP contribution in [0.1, 0.15) is 25.0 Å². The van der Waals surface area contributed by atoms with Crippen molar-refractivity contribution in [1.29, 1.82) is 0 Å². The normalized spacial score (nSPS) is 11.4. The molecule has 1 N–H and O–H groups in total. The van der Waals surface area contributed by atoms with E-state index in [9.17, 15) is 0 Å². The van der Waals surface area contributed by atoms with Gasteiger partial charge in [-0.3, -0.25) is 5.43 Å². The first-order valence-electron chi connectivity index (χ1n) is 7.83.